The lowest BCUT2D eigenvalue weighted by atomic mass is 10.3. The Morgan fingerprint density at radius 3 is 2.76 bits per heavy atom. The maximum atomic E-state index is 12.6. The molecule has 0 radical (unpaired) electrons. The van der Waals surface area contributed by atoms with Crippen molar-refractivity contribution in [3.63, 3.8) is 0 Å². The average Bonchev–Trinajstić information content (AvgIpc) is 2.74. The minimum Gasteiger partial charge on any atom is -0.495 e. The molecule has 1 aliphatic heterocycles. The summed E-state index contributed by atoms with van der Waals surface area (Å²) in [6, 6.07) is 9.27. The number of anilines is 2. The van der Waals surface area contributed by atoms with Crippen LogP contribution in [0.5, 0.6) is 5.75 Å². The number of methoxy groups -OCH3 is 1. The Morgan fingerprint density at radius 2 is 2.04 bits per heavy atom. The number of sulfonamides is 1. The van der Waals surface area contributed by atoms with E-state index in [9.17, 15) is 13.2 Å². The number of thioether (sulfide) groups is 1. The van der Waals surface area contributed by atoms with Gasteiger partial charge in [-0.1, -0.05) is 11.6 Å². The van der Waals surface area contributed by atoms with Gasteiger partial charge in [-0.25, -0.2) is 8.42 Å². The summed E-state index contributed by atoms with van der Waals surface area (Å²) in [6.45, 7) is 0. The van der Waals surface area contributed by atoms with Crippen LogP contribution >= 0.6 is 23.4 Å². The monoisotopic (exact) mass is 398 g/mol. The minimum absolute atomic E-state index is 0.0565. The molecule has 2 aromatic rings. The van der Waals surface area contributed by atoms with Crippen LogP contribution in [0.25, 0.3) is 0 Å². The van der Waals surface area contributed by atoms with E-state index in [0.29, 0.717) is 34.3 Å². The number of amides is 1. The number of hydrogen-bond acceptors (Lipinski definition) is 5. The van der Waals surface area contributed by atoms with E-state index in [1.807, 2.05) is 0 Å². The fraction of sp³-hybridized carbons (Fsp3) is 0.188. The number of fused-ring (bicyclic) bond motifs is 1. The second-order valence-electron chi connectivity index (χ2n) is 5.26. The zero-order valence-electron chi connectivity index (χ0n) is 13.2. The van der Waals surface area contributed by atoms with Gasteiger partial charge in [-0.15, -0.1) is 11.8 Å². The van der Waals surface area contributed by atoms with Crippen LogP contribution in [-0.2, 0) is 14.8 Å². The fourth-order valence-corrected chi connectivity index (χ4v) is 4.58. The number of rotatable bonds is 4. The molecule has 0 aliphatic carbocycles. The number of carbonyl (C=O) groups excluding carboxylic acids is 1. The third-order valence-electron chi connectivity index (χ3n) is 3.53. The third-order valence-corrected chi connectivity index (χ3v) is 6.28. The zero-order valence-corrected chi connectivity index (χ0v) is 15.6. The van der Waals surface area contributed by atoms with Gasteiger partial charge in [0.2, 0.25) is 5.91 Å². The van der Waals surface area contributed by atoms with Gasteiger partial charge in [-0.05, 0) is 36.4 Å². The molecule has 1 amide bonds. The molecular formula is C16H15ClN2O4S2. The zero-order chi connectivity index (χ0) is 18.0. The summed E-state index contributed by atoms with van der Waals surface area (Å²) in [4.78, 5) is 12.6. The van der Waals surface area contributed by atoms with Crippen LogP contribution in [0.4, 0.5) is 11.4 Å². The van der Waals surface area contributed by atoms with Crippen molar-refractivity contribution in [2.45, 2.75) is 16.2 Å². The highest BCUT2D eigenvalue weighted by Gasteiger charge is 2.20. The molecule has 6 nitrogen and oxygen atoms in total. The highest BCUT2D eigenvalue weighted by atomic mass is 35.5. The lowest BCUT2D eigenvalue weighted by Crippen LogP contribution is -2.14. The Bertz CT molecular complexity index is 932. The first-order valence-electron chi connectivity index (χ1n) is 7.32. The molecule has 1 aliphatic rings. The molecule has 9 heteroatoms. The number of nitrogens with one attached hydrogen (secondary N) is 2. The van der Waals surface area contributed by atoms with E-state index in [1.54, 1.807) is 18.2 Å². The lowest BCUT2D eigenvalue weighted by Gasteiger charge is -2.12. The number of hydrogen-bond donors (Lipinski definition) is 2. The molecule has 132 valence electrons. The molecule has 0 fully saturated rings. The summed E-state index contributed by atoms with van der Waals surface area (Å²) in [5.41, 5.74) is 0.822. The van der Waals surface area contributed by atoms with Gasteiger partial charge in [0.25, 0.3) is 10.0 Å². The van der Waals surface area contributed by atoms with Crippen LogP contribution in [0.3, 0.4) is 0 Å². The fourth-order valence-electron chi connectivity index (χ4n) is 2.31. The standard InChI is InChI=1S/C16H15ClN2O4S2/c1-23-14-4-2-10(8-12(14)17)19-25(21,22)11-3-5-15-13(9-11)18-16(20)6-7-24-15/h2-5,8-9,19H,6-7H2,1H3,(H,18,20). The van der Waals surface area contributed by atoms with Crippen molar-refractivity contribution in [2.75, 3.05) is 22.9 Å². The van der Waals surface area contributed by atoms with E-state index < -0.39 is 10.0 Å². The Morgan fingerprint density at radius 1 is 1.24 bits per heavy atom. The highest BCUT2D eigenvalue weighted by Crippen LogP contribution is 2.33. The summed E-state index contributed by atoms with van der Waals surface area (Å²) >= 11 is 7.54. The smallest absolute Gasteiger partial charge is 0.261 e. The van der Waals surface area contributed by atoms with Crippen molar-refractivity contribution in [2.24, 2.45) is 0 Å². The number of carbonyl (C=O) groups is 1. The van der Waals surface area contributed by atoms with Gasteiger partial charge in [0.05, 0.1) is 28.4 Å². The Labute approximate surface area is 155 Å². The summed E-state index contributed by atoms with van der Waals surface area (Å²) < 4.78 is 32.8. The quantitative estimate of drug-likeness (QED) is 0.822. The molecule has 0 saturated carbocycles. The molecule has 0 spiro atoms. The van der Waals surface area contributed by atoms with E-state index in [2.05, 4.69) is 10.0 Å². The molecule has 2 N–H and O–H groups in total. The number of ether oxygens (including phenoxy) is 1. The van der Waals surface area contributed by atoms with Crippen molar-refractivity contribution in [1.29, 1.82) is 0 Å². The van der Waals surface area contributed by atoms with Gasteiger partial charge >= 0.3 is 0 Å². The van der Waals surface area contributed by atoms with Crippen molar-refractivity contribution >= 4 is 50.7 Å². The maximum Gasteiger partial charge on any atom is 0.261 e. The molecule has 0 saturated heterocycles. The van der Waals surface area contributed by atoms with Crippen molar-refractivity contribution in [1.82, 2.24) is 0 Å². The van der Waals surface area contributed by atoms with Crippen LogP contribution in [0, 0.1) is 0 Å². The van der Waals surface area contributed by atoms with Gasteiger partial charge in [-0.2, -0.15) is 0 Å². The first-order valence-corrected chi connectivity index (χ1v) is 10.2. The first kappa shape index (κ1) is 17.9. The van der Waals surface area contributed by atoms with Crippen LogP contribution in [0.15, 0.2) is 46.2 Å². The van der Waals surface area contributed by atoms with Crippen LogP contribution in [0.2, 0.25) is 5.02 Å². The van der Waals surface area contributed by atoms with Crippen LogP contribution < -0.4 is 14.8 Å². The largest absolute Gasteiger partial charge is 0.495 e. The normalized spacial score (nSPS) is 14.2. The third kappa shape index (κ3) is 4.02. The van der Waals surface area contributed by atoms with E-state index in [-0.39, 0.29) is 10.8 Å². The Balaban J connectivity index is 1.90. The van der Waals surface area contributed by atoms with Crippen molar-refractivity contribution in [3.05, 3.63) is 41.4 Å². The highest BCUT2D eigenvalue weighted by molar-refractivity contribution is 7.99. The molecule has 3 rings (SSSR count). The van der Waals surface area contributed by atoms with Gasteiger partial charge < -0.3 is 10.1 Å². The molecule has 0 atom stereocenters. The molecule has 2 aromatic carbocycles. The summed E-state index contributed by atoms with van der Waals surface area (Å²) in [7, 11) is -2.34. The average molecular weight is 399 g/mol. The maximum absolute atomic E-state index is 12.6. The lowest BCUT2D eigenvalue weighted by molar-refractivity contribution is -0.115. The Kier molecular flexibility index (Phi) is 5.12. The van der Waals surface area contributed by atoms with Crippen molar-refractivity contribution < 1.29 is 17.9 Å². The van der Waals surface area contributed by atoms with E-state index in [4.69, 9.17) is 16.3 Å². The van der Waals surface area contributed by atoms with Gasteiger partial charge in [0, 0.05) is 17.1 Å². The topological polar surface area (TPSA) is 84.5 Å². The number of benzene rings is 2. The predicted octanol–water partition coefficient (Wildman–Crippen LogP) is 3.58. The van der Waals surface area contributed by atoms with Gasteiger partial charge in [0.15, 0.2) is 0 Å². The summed E-state index contributed by atoms with van der Waals surface area (Å²) in [5.74, 6) is 0.984. The molecule has 25 heavy (non-hydrogen) atoms. The SMILES string of the molecule is COc1ccc(NS(=O)(=O)c2ccc3c(c2)NC(=O)CCS3)cc1Cl. The van der Waals surface area contributed by atoms with Crippen LogP contribution in [0.1, 0.15) is 6.42 Å². The summed E-state index contributed by atoms with van der Waals surface area (Å²) in [5, 5.41) is 3.03. The van der Waals surface area contributed by atoms with Crippen molar-refractivity contribution in [3.8, 4) is 5.75 Å². The minimum atomic E-state index is -3.82. The van der Waals surface area contributed by atoms with Gasteiger partial charge in [0.1, 0.15) is 5.75 Å². The molecule has 0 aromatic heterocycles. The van der Waals surface area contributed by atoms with E-state index in [1.165, 1.54) is 37.1 Å². The molecule has 0 unspecified atom stereocenters. The van der Waals surface area contributed by atoms with Crippen LogP contribution in [-0.4, -0.2) is 27.2 Å². The van der Waals surface area contributed by atoms with E-state index in [0.717, 1.165) is 4.90 Å². The first-order chi connectivity index (χ1) is 11.9. The second kappa shape index (κ2) is 7.15. The predicted molar refractivity (Wildman–Crippen MR) is 99.2 cm³/mol. The molecular weight excluding hydrogens is 384 g/mol. The Hall–Kier alpha value is -1.90. The second-order valence-corrected chi connectivity index (χ2v) is 8.49. The summed E-state index contributed by atoms with van der Waals surface area (Å²) in [6.07, 6.45) is 0.393. The number of halogens is 1. The van der Waals surface area contributed by atoms with Gasteiger partial charge in [-0.3, -0.25) is 9.52 Å². The van der Waals surface area contributed by atoms with E-state index >= 15 is 0 Å². The molecule has 1 heterocycles. The molecule has 0 bridgehead atoms.